The number of benzene rings is 1. The molecule has 0 spiro atoms. The van der Waals surface area contributed by atoms with Crippen LogP contribution in [0.2, 0.25) is 19.6 Å². The highest BCUT2D eigenvalue weighted by atomic mass is 28.4. The van der Waals surface area contributed by atoms with Gasteiger partial charge in [-0.25, -0.2) is 0 Å². The number of aromatic nitrogens is 1. The molecular formula is C16H20N2OSi. The molecule has 0 fully saturated rings. The molecule has 104 valence electrons. The first-order valence-corrected chi connectivity index (χ1v) is 10.1. The van der Waals surface area contributed by atoms with Crippen molar-refractivity contribution >= 4 is 20.2 Å². The molecule has 0 unspecified atom stereocenters. The number of aryl methyl sites for hydroxylation is 1. The molecule has 1 aromatic heterocycles. The first kappa shape index (κ1) is 14.5. The van der Waals surface area contributed by atoms with Crippen LogP contribution in [0.25, 0.3) is 0 Å². The van der Waals surface area contributed by atoms with Gasteiger partial charge >= 0.3 is 0 Å². The van der Waals surface area contributed by atoms with E-state index < -0.39 is 8.32 Å². The minimum atomic E-state index is -1.64. The Morgan fingerprint density at radius 2 is 1.90 bits per heavy atom. The van der Waals surface area contributed by atoms with Gasteiger partial charge in [-0.15, -0.1) is 0 Å². The quantitative estimate of drug-likeness (QED) is 0.618. The van der Waals surface area contributed by atoms with Gasteiger partial charge in [-0.2, -0.15) is 0 Å². The van der Waals surface area contributed by atoms with Crippen molar-refractivity contribution in [3.05, 3.63) is 53.9 Å². The molecular weight excluding hydrogens is 264 g/mol. The van der Waals surface area contributed by atoms with Gasteiger partial charge in [0.15, 0.2) is 0 Å². The highest BCUT2D eigenvalue weighted by Crippen LogP contribution is 2.29. The number of nitrogens with zero attached hydrogens (tertiary/aromatic N) is 2. The van der Waals surface area contributed by atoms with Gasteiger partial charge in [0.05, 0.1) is 11.9 Å². The maximum atomic E-state index is 6.05. The van der Waals surface area contributed by atoms with Gasteiger partial charge in [0.25, 0.3) is 0 Å². The third kappa shape index (κ3) is 4.31. The molecule has 0 saturated heterocycles. The van der Waals surface area contributed by atoms with E-state index in [4.69, 9.17) is 4.43 Å². The molecule has 4 heteroatoms. The zero-order valence-electron chi connectivity index (χ0n) is 12.4. The smallest absolute Gasteiger partial charge is 0.242 e. The van der Waals surface area contributed by atoms with Crippen molar-refractivity contribution in [2.45, 2.75) is 26.6 Å². The van der Waals surface area contributed by atoms with Crippen LogP contribution in [-0.2, 0) is 0 Å². The van der Waals surface area contributed by atoms with Gasteiger partial charge < -0.3 is 4.43 Å². The Balaban J connectivity index is 2.25. The summed E-state index contributed by atoms with van der Waals surface area (Å²) in [6.45, 7) is 8.53. The average molecular weight is 284 g/mol. The van der Waals surface area contributed by atoms with E-state index in [2.05, 4.69) is 29.6 Å². The topological polar surface area (TPSA) is 34.5 Å². The third-order valence-electron chi connectivity index (χ3n) is 2.55. The summed E-state index contributed by atoms with van der Waals surface area (Å²) in [5.74, 6) is 0.843. The fourth-order valence-electron chi connectivity index (χ4n) is 1.75. The van der Waals surface area contributed by atoms with Crippen molar-refractivity contribution in [1.82, 2.24) is 4.98 Å². The van der Waals surface area contributed by atoms with E-state index >= 15 is 0 Å². The molecule has 0 bridgehead atoms. The Morgan fingerprint density at radius 3 is 2.60 bits per heavy atom. The Hall–Kier alpha value is -1.94. The molecule has 1 aromatic carbocycles. The Kier molecular flexibility index (Phi) is 4.34. The summed E-state index contributed by atoms with van der Waals surface area (Å²) in [6.07, 6.45) is 3.57. The largest absolute Gasteiger partial charge is 0.543 e. The summed E-state index contributed by atoms with van der Waals surface area (Å²) in [7, 11) is -1.64. The van der Waals surface area contributed by atoms with Crippen LogP contribution in [0, 0.1) is 6.92 Å². The predicted molar refractivity (Wildman–Crippen MR) is 86.6 cm³/mol. The van der Waals surface area contributed by atoms with E-state index in [-0.39, 0.29) is 0 Å². The third-order valence-corrected chi connectivity index (χ3v) is 3.39. The molecule has 2 rings (SSSR count). The first-order chi connectivity index (χ1) is 9.44. The van der Waals surface area contributed by atoms with Crippen molar-refractivity contribution < 1.29 is 4.43 Å². The summed E-state index contributed by atoms with van der Waals surface area (Å²) in [5.41, 5.74) is 2.87. The number of pyridine rings is 1. The predicted octanol–water partition coefficient (Wildman–Crippen LogP) is 4.35. The van der Waals surface area contributed by atoms with Gasteiger partial charge in [0, 0.05) is 6.20 Å². The number of hydrogen-bond donors (Lipinski definition) is 0. The molecule has 20 heavy (non-hydrogen) atoms. The van der Waals surface area contributed by atoms with Crippen molar-refractivity contribution in [2.24, 2.45) is 4.99 Å². The van der Waals surface area contributed by atoms with Gasteiger partial charge in [0.1, 0.15) is 11.4 Å². The van der Waals surface area contributed by atoms with Gasteiger partial charge in [0.2, 0.25) is 8.32 Å². The molecule has 0 amide bonds. The summed E-state index contributed by atoms with van der Waals surface area (Å²) < 4.78 is 6.05. The van der Waals surface area contributed by atoms with Crippen LogP contribution < -0.4 is 4.43 Å². The van der Waals surface area contributed by atoms with E-state index in [9.17, 15) is 0 Å². The molecule has 2 aromatic rings. The molecule has 0 saturated carbocycles. The summed E-state index contributed by atoms with van der Waals surface area (Å²) in [4.78, 5) is 8.79. The Morgan fingerprint density at radius 1 is 1.15 bits per heavy atom. The molecule has 0 radical (unpaired) electrons. The number of rotatable bonds is 4. The van der Waals surface area contributed by atoms with Crippen molar-refractivity contribution in [2.75, 3.05) is 0 Å². The van der Waals surface area contributed by atoms with Gasteiger partial charge in [-0.3, -0.25) is 9.98 Å². The van der Waals surface area contributed by atoms with E-state index in [1.54, 1.807) is 12.4 Å². The van der Waals surface area contributed by atoms with Crippen LogP contribution in [0.4, 0.5) is 5.69 Å². The molecule has 1 heterocycles. The normalized spacial score (nSPS) is 11.8. The molecule has 0 aliphatic rings. The summed E-state index contributed by atoms with van der Waals surface area (Å²) in [5, 5.41) is 0. The van der Waals surface area contributed by atoms with E-state index in [1.807, 2.05) is 43.3 Å². The SMILES string of the molecule is Cc1ccnc(/C=N\c2ccccc2O[Si](C)(C)C)c1. The number of aliphatic imine (C=N–C) groups is 1. The Bertz CT molecular complexity index is 618. The second-order valence-electron chi connectivity index (χ2n) is 5.70. The van der Waals surface area contributed by atoms with Gasteiger partial charge in [-0.05, 0) is 56.4 Å². The fraction of sp³-hybridized carbons (Fsp3) is 0.250. The van der Waals surface area contributed by atoms with E-state index in [0.717, 1.165) is 17.1 Å². The van der Waals surface area contributed by atoms with E-state index in [1.165, 1.54) is 5.56 Å². The van der Waals surface area contributed by atoms with E-state index in [0.29, 0.717) is 0 Å². The number of hydrogen-bond acceptors (Lipinski definition) is 3. The van der Waals surface area contributed by atoms with Crippen LogP contribution in [-0.4, -0.2) is 19.5 Å². The van der Waals surface area contributed by atoms with Crippen LogP contribution in [0.15, 0.2) is 47.6 Å². The Labute approximate surface area is 121 Å². The van der Waals surface area contributed by atoms with Crippen LogP contribution in [0.1, 0.15) is 11.3 Å². The second-order valence-corrected chi connectivity index (χ2v) is 10.1. The molecule has 0 aliphatic carbocycles. The lowest BCUT2D eigenvalue weighted by atomic mass is 10.2. The molecule has 0 atom stereocenters. The summed E-state index contributed by atoms with van der Waals surface area (Å²) in [6, 6.07) is 11.8. The maximum Gasteiger partial charge on any atom is 0.242 e. The van der Waals surface area contributed by atoms with Crippen molar-refractivity contribution in [3.63, 3.8) is 0 Å². The fourth-order valence-corrected chi connectivity index (χ4v) is 2.58. The van der Waals surface area contributed by atoms with Crippen LogP contribution in [0.3, 0.4) is 0 Å². The minimum absolute atomic E-state index is 0.843. The average Bonchev–Trinajstić information content (AvgIpc) is 2.36. The first-order valence-electron chi connectivity index (χ1n) is 6.69. The molecule has 0 N–H and O–H groups in total. The minimum Gasteiger partial charge on any atom is -0.543 e. The zero-order chi connectivity index (χ0) is 14.6. The van der Waals surface area contributed by atoms with Crippen LogP contribution in [0.5, 0.6) is 5.75 Å². The number of para-hydroxylation sites is 2. The second kappa shape index (κ2) is 6.01. The monoisotopic (exact) mass is 284 g/mol. The maximum absolute atomic E-state index is 6.05. The lowest BCUT2D eigenvalue weighted by molar-refractivity contribution is 0.559. The van der Waals surface area contributed by atoms with Crippen LogP contribution >= 0.6 is 0 Å². The highest BCUT2D eigenvalue weighted by molar-refractivity contribution is 6.70. The lowest BCUT2D eigenvalue weighted by Gasteiger charge is -2.20. The lowest BCUT2D eigenvalue weighted by Crippen LogP contribution is -2.29. The standard InChI is InChI=1S/C16H20N2OSi/c1-13-9-10-17-14(11-13)12-18-15-7-5-6-8-16(15)19-20(2,3)4/h5-12H,1-4H3/b18-12-. The molecule has 0 aliphatic heterocycles. The van der Waals surface area contributed by atoms with Crippen molar-refractivity contribution in [1.29, 1.82) is 0 Å². The van der Waals surface area contributed by atoms with Crippen molar-refractivity contribution in [3.8, 4) is 5.75 Å². The highest BCUT2D eigenvalue weighted by Gasteiger charge is 2.17. The summed E-state index contributed by atoms with van der Waals surface area (Å²) >= 11 is 0. The van der Waals surface area contributed by atoms with Gasteiger partial charge in [-0.1, -0.05) is 12.1 Å². The zero-order valence-corrected chi connectivity index (χ0v) is 13.4. The molecule has 3 nitrogen and oxygen atoms in total.